The number of benzene rings is 2. The highest BCUT2D eigenvalue weighted by atomic mass is 16.4. The predicted molar refractivity (Wildman–Crippen MR) is 70.5 cm³/mol. The molecule has 0 aliphatic heterocycles. The van der Waals surface area contributed by atoms with Crippen LogP contribution in [0.1, 0.15) is 5.56 Å². The van der Waals surface area contributed by atoms with Gasteiger partial charge in [-0.1, -0.05) is 64.9 Å². The Morgan fingerprint density at radius 3 is 2.00 bits per heavy atom. The molecule has 4 nitrogen and oxygen atoms in total. The molecule has 2 N–H and O–H groups in total. The topological polar surface area (TPSA) is 65.2 Å². The van der Waals surface area contributed by atoms with Gasteiger partial charge in [-0.05, 0) is 11.1 Å². The van der Waals surface area contributed by atoms with Crippen molar-refractivity contribution in [2.45, 2.75) is 0 Å². The van der Waals surface area contributed by atoms with Crippen molar-refractivity contribution in [3.05, 3.63) is 60.2 Å². The van der Waals surface area contributed by atoms with Gasteiger partial charge in [-0.25, -0.2) is 0 Å². The fourth-order valence-corrected chi connectivity index (χ4v) is 1.68. The average Bonchev–Trinajstić information content (AvgIpc) is 2.46. The van der Waals surface area contributed by atoms with E-state index in [4.69, 9.17) is 10.4 Å². The Labute approximate surface area is 105 Å². The molecule has 0 heterocycles. The Morgan fingerprint density at radius 2 is 1.44 bits per heavy atom. The van der Waals surface area contributed by atoms with Crippen LogP contribution in [0.4, 0.5) is 0 Å². The predicted octanol–water partition coefficient (Wildman–Crippen LogP) is 2.99. The van der Waals surface area contributed by atoms with Gasteiger partial charge in [0.05, 0.1) is 6.21 Å². The summed E-state index contributed by atoms with van der Waals surface area (Å²) in [5, 5.41) is 23.1. The van der Waals surface area contributed by atoms with E-state index in [0.29, 0.717) is 5.56 Å². The molecule has 18 heavy (non-hydrogen) atoms. The second-order valence-corrected chi connectivity index (χ2v) is 3.67. The highest BCUT2D eigenvalue weighted by Gasteiger charge is 2.02. The van der Waals surface area contributed by atoms with Gasteiger partial charge in [0, 0.05) is 5.56 Å². The summed E-state index contributed by atoms with van der Waals surface area (Å²) in [5.41, 5.74) is 3.06. The molecule has 0 radical (unpaired) electrons. The maximum Gasteiger partial charge on any atom is 0.131 e. The molecule has 0 aromatic heterocycles. The summed E-state index contributed by atoms with van der Waals surface area (Å²) < 4.78 is 0. The molecule has 0 atom stereocenters. The van der Waals surface area contributed by atoms with Crippen LogP contribution in [0.2, 0.25) is 0 Å². The van der Waals surface area contributed by atoms with Crippen LogP contribution in [-0.4, -0.2) is 22.3 Å². The fraction of sp³-hybridized carbons (Fsp3) is 0. The van der Waals surface area contributed by atoms with Crippen molar-refractivity contribution in [1.82, 2.24) is 0 Å². The number of hydrogen-bond acceptors (Lipinski definition) is 4. The summed E-state index contributed by atoms with van der Waals surface area (Å²) in [6.07, 6.45) is 1.08. The van der Waals surface area contributed by atoms with Gasteiger partial charge in [0.1, 0.15) is 5.71 Å². The third-order valence-corrected chi connectivity index (χ3v) is 2.58. The second kappa shape index (κ2) is 5.63. The quantitative estimate of drug-likeness (QED) is 0.492. The Kier molecular flexibility index (Phi) is 3.71. The van der Waals surface area contributed by atoms with E-state index in [1.165, 1.54) is 0 Å². The van der Waals surface area contributed by atoms with Crippen molar-refractivity contribution in [3.8, 4) is 11.1 Å². The Morgan fingerprint density at radius 1 is 0.833 bits per heavy atom. The molecule has 0 fully saturated rings. The molecule has 0 saturated carbocycles. The molecule has 0 unspecified atom stereocenters. The molecule has 0 aliphatic rings. The number of oxime groups is 2. The lowest BCUT2D eigenvalue weighted by atomic mass is 10.0. The van der Waals surface area contributed by atoms with Gasteiger partial charge < -0.3 is 10.4 Å². The maximum absolute atomic E-state index is 8.78. The minimum atomic E-state index is 0.206. The van der Waals surface area contributed by atoms with Crippen LogP contribution in [-0.2, 0) is 0 Å². The second-order valence-electron chi connectivity index (χ2n) is 3.67. The lowest BCUT2D eigenvalue weighted by Crippen LogP contribution is -2.02. The minimum absolute atomic E-state index is 0.206. The first kappa shape index (κ1) is 11.9. The third kappa shape index (κ3) is 2.55. The molecular weight excluding hydrogens is 228 g/mol. The first-order chi connectivity index (χ1) is 8.85. The van der Waals surface area contributed by atoms with Crippen LogP contribution in [0.5, 0.6) is 0 Å². The zero-order chi connectivity index (χ0) is 12.8. The smallest absolute Gasteiger partial charge is 0.131 e. The largest absolute Gasteiger partial charge is 0.411 e. The summed E-state index contributed by atoms with van der Waals surface area (Å²) in [7, 11) is 0. The van der Waals surface area contributed by atoms with Crippen LogP contribution in [0, 0.1) is 0 Å². The zero-order valence-electron chi connectivity index (χ0n) is 9.56. The van der Waals surface area contributed by atoms with Crippen molar-refractivity contribution in [3.63, 3.8) is 0 Å². The summed E-state index contributed by atoms with van der Waals surface area (Å²) in [4.78, 5) is 0. The van der Waals surface area contributed by atoms with Crippen LogP contribution < -0.4 is 0 Å². The van der Waals surface area contributed by atoms with Crippen molar-refractivity contribution in [2.24, 2.45) is 10.3 Å². The van der Waals surface area contributed by atoms with E-state index in [0.717, 1.165) is 17.3 Å². The van der Waals surface area contributed by atoms with E-state index in [1.54, 1.807) is 12.1 Å². The van der Waals surface area contributed by atoms with Crippen LogP contribution in [0.15, 0.2) is 64.9 Å². The van der Waals surface area contributed by atoms with Gasteiger partial charge in [0.25, 0.3) is 0 Å². The minimum Gasteiger partial charge on any atom is -0.411 e. The molecule has 0 amide bonds. The van der Waals surface area contributed by atoms with E-state index >= 15 is 0 Å². The van der Waals surface area contributed by atoms with E-state index in [-0.39, 0.29) is 5.71 Å². The number of rotatable bonds is 3. The fourth-order valence-electron chi connectivity index (χ4n) is 1.68. The third-order valence-electron chi connectivity index (χ3n) is 2.58. The molecule has 0 bridgehead atoms. The standard InChI is InChI=1S/C14H12N2O2/c17-15-10-14(16-18)13-8-6-12(7-9-13)11-4-2-1-3-5-11/h1-10,17-18H. The summed E-state index contributed by atoms with van der Waals surface area (Å²) in [5.74, 6) is 0. The van der Waals surface area contributed by atoms with Crippen LogP contribution >= 0.6 is 0 Å². The number of hydrogen-bond donors (Lipinski definition) is 2. The molecule has 2 rings (SSSR count). The van der Waals surface area contributed by atoms with Crippen molar-refractivity contribution < 1.29 is 10.4 Å². The molecule has 0 spiro atoms. The highest BCUT2D eigenvalue weighted by Crippen LogP contribution is 2.19. The van der Waals surface area contributed by atoms with Gasteiger partial charge in [0.15, 0.2) is 0 Å². The first-order valence-electron chi connectivity index (χ1n) is 5.40. The lowest BCUT2D eigenvalue weighted by Gasteiger charge is -2.03. The Hall–Kier alpha value is -2.62. The van der Waals surface area contributed by atoms with Crippen LogP contribution in [0.25, 0.3) is 11.1 Å². The first-order valence-corrected chi connectivity index (χ1v) is 5.40. The molecule has 2 aromatic rings. The zero-order valence-corrected chi connectivity index (χ0v) is 9.56. The van der Waals surface area contributed by atoms with E-state index in [9.17, 15) is 0 Å². The highest BCUT2D eigenvalue weighted by molar-refractivity contribution is 6.37. The molecule has 2 aromatic carbocycles. The molecule has 0 saturated heterocycles. The van der Waals surface area contributed by atoms with Gasteiger partial charge in [-0.3, -0.25) is 0 Å². The molecular formula is C14H12N2O2. The van der Waals surface area contributed by atoms with Crippen LogP contribution in [0.3, 0.4) is 0 Å². The van der Waals surface area contributed by atoms with Gasteiger partial charge in [-0.2, -0.15) is 0 Å². The van der Waals surface area contributed by atoms with E-state index in [2.05, 4.69) is 10.3 Å². The van der Waals surface area contributed by atoms with Gasteiger partial charge >= 0.3 is 0 Å². The number of nitrogens with zero attached hydrogens (tertiary/aromatic N) is 2. The Bertz CT molecular complexity index is 560. The monoisotopic (exact) mass is 240 g/mol. The normalized spacial score (nSPS) is 11.9. The van der Waals surface area contributed by atoms with Crippen molar-refractivity contribution in [2.75, 3.05) is 0 Å². The van der Waals surface area contributed by atoms with E-state index < -0.39 is 0 Å². The SMILES string of the molecule is ON=CC(=NO)c1ccc(-c2ccccc2)cc1. The molecule has 4 heteroatoms. The lowest BCUT2D eigenvalue weighted by molar-refractivity contribution is 0.316. The maximum atomic E-state index is 8.78. The van der Waals surface area contributed by atoms with Crippen molar-refractivity contribution in [1.29, 1.82) is 0 Å². The summed E-state index contributed by atoms with van der Waals surface area (Å²) in [6, 6.07) is 17.4. The summed E-state index contributed by atoms with van der Waals surface area (Å²) in [6.45, 7) is 0. The van der Waals surface area contributed by atoms with Gasteiger partial charge in [0.2, 0.25) is 0 Å². The average molecular weight is 240 g/mol. The summed E-state index contributed by atoms with van der Waals surface area (Å²) >= 11 is 0. The van der Waals surface area contributed by atoms with Crippen molar-refractivity contribution >= 4 is 11.9 Å². The molecule has 0 aliphatic carbocycles. The Balaban J connectivity index is 2.31. The van der Waals surface area contributed by atoms with Gasteiger partial charge in [-0.15, -0.1) is 0 Å². The van der Waals surface area contributed by atoms with E-state index in [1.807, 2.05) is 42.5 Å². The molecule has 90 valence electrons.